The van der Waals surface area contributed by atoms with Gasteiger partial charge in [-0.3, -0.25) is 19.7 Å². The molecule has 98 valence electrons. The maximum atomic E-state index is 12.4. The van der Waals surface area contributed by atoms with E-state index in [9.17, 15) is 19.7 Å². The van der Waals surface area contributed by atoms with Crippen LogP contribution < -0.4 is 5.43 Å². The number of H-pyrrole nitrogens is 1. The van der Waals surface area contributed by atoms with Gasteiger partial charge in [-0.25, -0.2) is 0 Å². The van der Waals surface area contributed by atoms with E-state index < -0.39 is 4.92 Å². The topological polar surface area (TPSA) is 93.1 Å². The third-order valence-electron chi connectivity index (χ3n) is 3.15. The van der Waals surface area contributed by atoms with Gasteiger partial charge in [-0.2, -0.15) is 0 Å². The van der Waals surface area contributed by atoms with Gasteiger partial charge in [-0.05, 0) is 18.2 Å². The summed E-state index contributed by atoms with van der Waals surface area (Å²) < 4.78 is 0. The summed E-state index contributed by atoms with van der Waals surface area (Å²) >= 11 is 0. The number of rotatable bonds is 2. The van der Waals surface area contributed by atoms with Crippen molar-refractivity contribution in [2.45, 2.75) is 0 Å². The standard InChI is InChI=1S/C14H8N2O4/c17-7-8-5-10-13(12(6-8)16(19)20)15-11-4-2-1-3-9(11)14(10)18/h1-7H,(H,15,18). The summed E-state index contributed by atoms with van der Waals surface area (Å²) in [6.07, 6.45) is 0.487. The van der Waals surface area contributed by atoms with Gasteiger partial charge >= 0.3 is 0 Å². The average Bonchev–Trinajstić information content (AvgIpc) is 2.46. The molecule has 1 N–H and O–H groups in total. The van der Waals surface area contributed by atoms with Crippen LogP contribution >= 0.6 is 0 Å². The number of carbonyl (C=O) groups is 1. The van der Waals surface area contributed by atoms with Crippen molar-refractivity contribution in [2.75, 3.05) is 0 Å². The Morgan fingerprint density at radius 3 is 2.60 bits per heavy atom. The smallest absolute Gasteiger partial charge is 0.294 e. The highest BCUT2D eigenvalue weighted by atomic mass is 16.6. The van der Waals surface area contributed by atoms with Crippen LogP contribution in [0.2, 0.25) is 0 Å². The minimum atomic E-state index is -0.611. The second-order valence-electron chi connectivity index (χ2n) is 4.34. The van der Waals surface area contributed by atoms with Crippen molar-refractivity contribution in [3.05, 3.63) is 62.3 Å². The molecule has 3 aromatic rings. The van der Waals surface area contributed by atoms with Crippen LogP contribution in [-0.4, -0.2) is 16.2 Å². The van der Waals surface area contributed by atoms with E-state index in [4.69, 9.17) is 0 Å². The minimum absolute atomic E-state index is 0.102. The highest BCUT2D eigenvalue weighted by Crippen LogP contribution is 2.25. The van der Waals surface area contributed by atoms with Crippen molar-refractivity contribution in [1.82, 2.24) is 4.98 Å². The van der Waals surface area contributed by atoms with Crippen LogP contribution in [0.5, 0.6) is 0 Å². The van der Waals surface area contributed by atoms with E-state index >= 15 is 0 Å². The van der Waals surface area contributed by atoms with Crippen LogP contribution in [-0.2, 0) is 0 Å². The monoisotopic (exact) mass is 268 g/mol. The lowest BCUT2D eigenvalue weighted by molar-refractivity contribution is -0.383. The van der Waals surface area contributed by atoms with E-state index in [0.717, 1.165) is 6.07 Å². The van der Waals surface area contributed by atoms with Crippen molar-refractivity contribution >= 4 is 33.8 Å². The molecule has 0 atom stereocenters. The second kappa shape index (κ2) is 4.27. The number of carbonyl (C=O) groups excluding carboxylic acids is 1. The number of nitrogens with one attached hydrogen (secondary N) is 1. The zero-order valence-electron chi connectivity index (χ0n) is 10.1. The van der Waals surface area contributed by atoms with Crippen LogP contribution in [0, 0.1) is 10.1 Å². The number of pyridine rings is 1. The number of aromatic nitrogens is 1. The van der Waals surface area contributed by atoms with Crippen molar-refractivity contribution < 1.29 is 9.72 Å². The van der Waals surface area contributed by atoms with Gasteiger partial charge in [0.05, 0.1) is 10.3 Å². The lowest BCUT2D eigenvalue weighted by atomic mass is 10.1. The van der Waals surface area contributed by atoms with Gasteiger partial charge in [0, 0.05) is 22.5 Å². The van der Waals surface area contributed by atoms with E-state index in [-0.39, 0.29) is 27.6 Å². The van der Waals surface area contributed by atoms with Gasteiger partial charge in [-0.15, -0.1) is 0 Å². The molecule has 6 heteroatoms. The fraction of sp³-hybridized carbons (Fsp3) is 0. The van der Waals surface area contributed by atoms with Gasteiger partial charge < -0.3 is 4.98 Å². The Labute approximate surface area is 111 Å². The second-order valence-corrected chi connectivity index (χ2v) is 4.34. The number of nitrogens with zero attached hydrogens (tertiary/aromatic N) is 1. The molecule has 0 aliphatic rings. The minimum Gasteiger partial charge on any atom is -0.349 e. The lowest BCUT2D eigenvalue weighted by Gasteiger charge is -2.04. The molecular weight excluding hydrogens is 260 g/mol. The molecule has 2 aromatic carbocycles. The Kier molecular flexibility index (Phi) is 2.57. The summed E-state index contributed by atoms with van der Waals surface area (Å²) in [7, 11) is 0. The molecule has 1 heterocycles. The SMILES string of the molecule is O=Cc1cc([N+](=O)[O-])c2[nH]c3ccccc3c(=O)c2c1. The Hall–Kier alpha value is -3.02. The molecule has 20 heavy (non-hydrogen) atoms. The largest absolute Gasteiger partial charge is 0.349 e. The number of aldehydes is 1. The molecule has 0 radical (unpaired) electrons. The highest BCUT2D eigenvalue weighted by Gasteiger charge is 2.17. The molecule has 0 aliphatic heterocycles. The lowest BCUT2D eigenvalue weighted by Crippen LogP contribution is -2.06. The molecular formula is C14H8N2O4. The molecule has 0 spiro atoms. The number of nitro groups is 1. The maximum absolute atomic E-state index is 12.4. The predicted octanol–water partition coefficient (Wildman–Crippen LogP) is 2.40. The zero-order chi connectivity index (χ0) is 14.3. The van der Waals surface area contributed by atoms with Gasteiger partial charge in [0.15, 0.2) is 5.43 Å². The maximum Gasteiger partial charge on any atom is 0.294 e. The first-order valence-corrected chi connectivity index (χ1v) is 5.80. The number of non-ortho nitro benzene ring substituents is 1. The van der Waals surface area contributed by atoms with Crippen molar-refractivity contribution in [2.24, 2.45) is 0 Å². The fourth-order valence-corrected chi connectivity index (χ4v) is 2.24. The van der Waals surface area contributed by atoms with E-state index in [0.29, 0.717) is 17.2 Å². The quantitative estimate of drug-likeness (QED) is 0.334. The molecule has 0 amide bonds. The van der Waals surface area contributed by atoms with E-state index in [2.05, 4.69) is 4.98 Å². The number of benzene rings is 2. The van der Waals surface area contributed by atoms with E-state index in [1.54, 1.807) is 24.3 Å². The molecule has 1 aromatic heterocycles. The number of hydrogen-bond acceptors (Lipinski definition) is 4. The Morgan fingerprint density at radius 1 is 1.15 bits per heavy atom. The summed E-state index contributed by atoms with van der Waals surface area (Å²) in [4.78, 5) is 36.6. The van der Waals surface area contributed by atoms with Crippen LogP contribution in [0.15, 0.2) is 41.2 Å². The van der Waals surface area contributed by atoms with E-state index in [1.165, 1.54) is 6.07 Å². The average molecular weight is 268 g/mol. The first kappa shape index (κ1) is 12.0. The predicted molar refractivity (Wildman–Crippen MR) is 74.1 cm³/mol. The number of fused-ring (bicyclic) bond motifs is 2. The molecule has 0 fully saturated rings. The highest BCUT2D eigenvalue weighted by molar-refractivity contribution is 5.99. The third-order valence-corrected chi connectivity index (χ3v) is 3.15. The molecule has 0 saturated heterocycles. The van der Waals surface area contributed by atoms with Gasteiger partial charge in [-0.1, -0.05) is 12.1 Å². The number of aromatic amines is 1. The molecule has 0 unspecified atom stereocenters. The summed E-state index contributed by atoms with van der Waals surface area (Å²) in [5.74, 6) is 0. The first-order chi connectivity index (χ1) is 9.61. The van der Waals surface area contributed by atoms with Crippen molar-refractivity contribution in [3.8, 4) is 0 Å². The number of hydrogen-bond donors (Lipinski definition) is 1. The van der Waals surface area contributed by atoms with Crippen molar-refractivity contribution in [3.63, 3.8) is 0 Å². The van der Waals surface area contributed by atoms with Gasteiger partial charge in [0.2, 0.25) is 0 Å². The number of nitro benzene ring substituents is 1. The summed E-state index contributed by atoms with van der Waals surface area (Å²) in [5.41, 5.74) is 0.134. The van der Waals surface area contributed by atoms with Crippen LogP contribution in [0.25, 0.3) is 21.8 Å². The summed E-state index contributed by atoms with van der Waals surface area (Å²) in [5, 5.41) is 11.7. The van der Waals surface area contributed by atoms with Crippen molar-refractivity contribution in [1.29, 1.82) is 0 Å². The Balaban J connectivity index is 2.60. The molecule has 6 nitrogen and oxygen atoms in total. The molecule has 0 saturated carbocycles. The summed E-state index contributed by atoms with van der Waals surface area (Å²) in [6, 6.07) is 9.26. The Morgan fingerprint density at radius 2 is 1.90 bits per heavy atom. The van der Waals surface area contributed by atoms with Crippen LogP contribution in [0.3, 0.4) is 0 Å². The first-order valence-electron chi connectivity index (χ1n) is 5.80. The molecule has 3 rings (SSSR count). The normalized spacial score (nSPS) is 10.8. The Bertz CT molecular complexity index is 927. The summed E-state index contributed by atoms with van der Waals surface area (Å²) in [6.45, 7) is 0. The molecule has 0 aliphatic carbocycles. The van der Waals surface area contributed by atoms with Crippen LogP contribution in [0.4, 0.5) is 5.69 Å². The van der Waals surface area contributed by atoms with Gasteiger partial charge in [0.25, 0.3) is 5.69 Å². The van der Waals surface area contributed by atoms with Gasteiger partial charge in [0.1, 0.15) is 11.8 Å². The van der Waals surface area contributed by atoms with Crippen LogP contribution in [0.1, 0.15) is 10.4 Å². The van der Waals surface area contributed by atoms with E-state index in [1.807, 2.05) is 0 Å². The fourth-order valence-electron chi connectivity index (χ4n) is 2.24. The molecule has 0 bridgehead atoms. The third kappa shape index (κ3) is 1.66. The zero-order valence-corrected chi connectivity index (χ0v) is 10.1. The number of para-hydroxylation sites is 1.